The maximum absolute atomic E-state index is 5.40. The van der Waals surface area contributed by atoms with Gasteiger partial charge >= 0.3 is 0 Å². The lowest BCUT2D eigenvalue weighted by molar-refractivity contribution is 0.134. The van der Waals surface area contributed by atoms with Gasteiger partial charge in [0.05, 0.1) is 6.26 Å². The number of furan rings is 1. The minimum absolute atomic E-state index is 0.446. The maximum Gasteiger partial charge on any atom is 0.105 e. The van der Waals surface area contributed by atoms with Crippen LogP contribution in [0.15, 0.2) is 22.8 Å². The average molecular weight is 234 g/mol. The molecule has 1 aromatic heterocycles. The first-order valence-corrected chi connectivity index (χ1v) is 6.86. The van der Waals surface area contributed by atoms with Gasteiger partial charge in [-0.05, 0) is 25.0 Å². The molecule has 94 valence electrons. The van der Waals surface area contributed by atoms with Crippen molar-refractivity contribution in [2.24, 2.45) is 0 Å². The van der Waals surface area contributed by atoms with Gasteiger partial charge in [0.25, 0.3) is 0 Å². The Kier molecular flexibility index (Phi) is 3.21. The van der Waals surface area contributed by atoms with Crippen molar-refractivity contribution in [3.05, 3.63) is 24.2 Å². The van der Waals surface area contributed by atoms with Crippen LogP contribution in [0.5, 0.6) is 0 Å². The number of nitrogens with one attached hydrogen (secondary N) is 1. The Bertz CT molecular complexity index is 341. The molecule has 0 radical (unpaired) electrons. The molecule has 1 aliphatic carbocycles. The molecule has 3 heteroatoms. The molecule has 3 nitrogen and oxygen atoms in total. The molecule has 0 unspecified atom stereocenters. The van der Waals surface area contributed by atoms with Crippen LogP contribution in [-0.2, 0) is 6.42 Å². The molecule has 2 fully saturated rings. The number of nitrogens with zero attached hydrogens (tertiary/aromatic N) is 1. The summed E-state index contributed by atoms with van der Waals surface area (Å²) >= 11 is 0. The predicted octanol–water partition coefficient (Wildman–Crippen LogP) is 2.04. The van der Waals surface area contributed by atoms with E-state index in [0.717, 1.165) is 25.3 Å². The summed E-state index contributed by atoms with van der Waals surface area (Å²) in [5.41, 5.74) is 0.446. The number of hydrogen-bond acceptors (Lipinski definition) is 3. The second-order valence-electron chi connectivity index (χ2n) is 5.52. The molecular weight excluding hydrogens is 212 g/mol. The minimum Gasteiger partial charge on any atom is -0.469 e. The van der Waals surface area contributed by atoms with Crippen molar-refractivity contribution in [3.8, 4) is 0 Å². The van der Waals surface area contributed by atoms with Crippen LogP contribution in [-0.4, -0.2) is 36.6 Å². The first kappa shape index (κ1) is 11.3. The Hall–Kier alpha value is -0.800. The van der Waals surface area contributed by atoms with E-state index in [1.807, 2.05) is 6.07 Å². The zero-order chi connectivity index (χ0) is 11.6. The van der Waals surface area contributed by atoms with Gasteiger partial charge in [-0.1, -0.05) is 12.8 Å². The highest BCUT2D eigenvalue weighted by Crippen LogP contribution is 2.31. The topological polar surface area (TPSA) is 28.4 Å². The Balaban J connectivity index is 1.53. The Morgan fingerprint density at radius 3 is 3.00 bits per heavy atom. The number of hydrogen-bond donors (Lipinski definition) is 1. The standard InChI is InChI=1S/C14H22N2O/c1-2-7-14(6-1)12-16(10-8-15-14)9-5-13-4-3-11-17-13/h3-4,11,15H,1-2,5-10,12H2. The van der Waals surface area contributed by atoms with Crippen LogP contribution in [0.25, 0.3) is 0 Å². The second-order valence-corrected chi connectivity index (χ2v) is 5.52. The lowest BCUT2D eigenvalue weighted by Gasteiger charge is -2.41. The van der Waals surface area contributed by atoms with Crippen molar-refractivity contribution in [1.82, 2.24) is 10.2 Å². The van der Waals surface area contributed by atoms with Gasteiger partial charge in [-0.3, -0.25) is 4.90 Å². The van der Waals surface area contributed by atoms with Crippen LogP contribution < -0.4 is 5.32 Å². The smallest absolute Gasteiger partial charge is 0.105 e. The van der Waals surface area contributed by atoms with E-state index in [4.69, 9.17) is 4.42 Å². The molecule has 1 aromatic rings. The average Bonchev–Trinajstić information content (AvgIpc) is 2.99. The molecule has 1 aliphatic heterocycles. The summed E-state index contributed by atoms with van der Waals surface area (Å²) in [6.45, 7) is 4.70. The van der Waals surface area contributed by atoms with E-state index >= 15 is 0 Å². The van der Waals surface area contributed by atoms with Gasteiger partial charge < -0.3 is 9.73 Å². The van der Waals surface area contributed by atoms with Gasteiger partial charge in [-0.15, -0.1) is 0 Å². The van der Waals surface area contributed by atoms with Crippen LogP contribution in [0.2, 0.25) is 0 Å². The number of piperazine rings is 1. The lowest BCUT2D eigenvalue weighted by Crippen LogP contribution is -2.59. The molecule has 0 amide bonds. The van der Waals surface area contributed by atoms with E-state index in [1.165, 1.54) is 38.8 Å². The van der Waals surface area contributed by atoms with Crippen LogP contribution in [0.3, 0.4) is 0 Å². The summed E-state index contributed by atoms with van der Waals surface area (Å²) in [5.74, 6) is 1.11. The largest absolute Gasteiger partial charge is 0.469 e. The van der Waals surface area contributed by atoms with Gasteiger partial charge in [-0.2, -0.15) is 0 Å². The molecule has 2 aliphatic rings. The van der Waals surface area contributed by atoms with Crippen LogP contribution in [0.1, 0.15) is 31.4 Å². The zero-order valence-electron chi connectivity index (χ0n) is 10.5. The van der Waals surface area contributed by atoms with Gasteiger partial charge in [0, 0.05) is 38.1 Å². The van der Waals surface area contributed by atoms with E-state index in [2.05, 4.69) is 16.3 Å². The fraction of sp³-hybridized carbons (Fsp3) is 0.714. The number of rotatable bonds is 3. The molecule has 1 N–H and O–H groups in total. The van der Waals surface area contributed by atoms with Crippen LogP contribution >= 0.6 is 0 Å². The molecular formula is C14H22N2O. The molecule has 0 atom stereocenters. The monoisotopic (exact) mass is 234 g/mol. The Morgan fingerprint density at radius 1 is 1.35 bits per heavy atom. The summed E-state index contributed by atoms with van der Waals surface area (Å²) in [4.78, 5) is 2.60. The SMILES string of the molecule is c1coc(CCN2CCNC3(CCCC3)C2)c1. The van der Waals surface area contributed by atoms with Crippen molar-refractivity contribution in [2.45, 2.75) is 37.6 Å². The maximum atomic E-state index is 5.40. The summed E-state index contributed by atoms with van der Waals surface area (Å²) in [6.07, 6.45) is 8.35. The Morgan fingerprint density at radius 2 is 2.24 bits per heavy atom. The summed E-state index contributed by atoms with van der Waals surface area (Å²) < 4.78 is 5.40. The molecule has 0 aromatic carbocycles. The van der Waals surface area contributed by atoms with Gasteiger partial charge in [0.15, 0.2) is 0 Å². The quantitative estimate of drug-likeness (QED) is 0.867. The highest BCUT2D eigenvalue weighted by atomic mass is 16.3. The molecule has 1 saturated carbocycles. The highest BCUT2D eigenvalue weighted by Gasteiger charge is 2.37. The minimum atomic E-state index is 0.446. The van der Waals surface area contributed by atoms with Crippen LogP contribution in [0, 0.1) is 0 Å². The zero-order valence-corrected chi connectivity index (χ0v) is 10.5. The third-order valence-corrected chi connectivity index (χ3v) is 4.27. The second kappa shape index (κ2) is 4.83. The molecule has 2 heterocycles. The summed E-state index contributed by atoms with van der Waals surface area (Å²) in [5, 5.41) is 3.75. The van der Waals surface area contributed by atoms with Crippen molar-refractivity contribution in [3.63, 3.8) is 0 Å². The first-order valence-electron chi connectivity index (χ1n) is 6.86. The van der Waals surface area contributed by atoms with Crippen molar-refractivity contribution >= 4 is 0 Å². The molecule has 1 spiro atoms. The van der Waals surface area contributed by atoms with E-state index in [9.17, 15) is 0 Å². The van der Waals surface area contributed by atoms with E-state index in [-0.39, 0.29) is 0 Å². The fourth-order valence-electron chi connectivity index (χ4n) is 3.34. The predicted molar refractivity (Wildman–Crippen MR) is 68.1 cm³/mol. The third kappa shape index (κ3) is 2.55. The van der Waals surface area contributed by atoms with Gasteiger partial charge in [-0.25, -0.2) is 0 Å². The third-order valence-electron chi connectivity index (χ3n) is 4.27. The lowest BCUT2D eigenvalue weighted by atomic mass is 9.94. The van der Waals surface area contributed by atoms with Gasteiger partial charge in [0.2, 0.25) is 0 Å². The Labute approximate surface area is 103 Å². The molecule has 1 saturated heterocycles. The summed E-state index contributed by atoms with van der Waals surface area (Å²) in [6, 6.07) is 4.05. The summed E-state index contributed by atoms with van der Waals surface area (Å²) in [7, 11) is 0. The highest BCUT2D eigenvalue weighted by molar-refractivity contribution is 5.01. The van der Waals surface area contributed by atoms with Crippen molar-refractivity contribution in [1.29, 1.82) is 0 Å². The van der Waals surface area contributed by atoms with Crippen molar-refractivity contribution < 1.29 is 4.42 Å². The first-order chi connectivity index (χ1) is 8.36. The van der Waals surface area contributed by atoms with Crippen molar-refractivity contribution in [2.75, 3.05) is 26.2 Å². The van der Waals surface area contributed by atoms with E-state index in [0.29, 0.717) is 5.54 Å². The molecule has 17 heavy (non-hydrogen) atoms. The molecule has 3 rings (SSSR count). The van der Waals surface area contributed by atoms with Crippen LogP contribution in [0.4, 0.5) is 0 Å². The van der Waals surface area contributed by atoms with Gasteiger partial charge in [0.1, 0.15) is 5.76 Å². The fourth-order valence-corrected chi connectivity index (χ4v) is 3.34. The normalized spacial score (nSPS) is 24.5. The van der Waals surface area contributed by atoms with E-state index in [1.54, 1.807) is 6.26 Å². The molecule has 0 bridgehead atoms. The van der Waals surface area contributed by atoms with E-state index < -0.39 is 0 Å².